The molecule has 1 atom stereocenters. The SMILES string of the molecule is CCCCC(CNC(=O)OC(C)(C)C)NC(=NC)NCCc1ccccn1.I. The number of pyridine rings is 1. The summed E-state index contributed by atoms with van der Waals surface area (Å²) in [5.74, 6) is 0.720. The van der Waals surface area contributed by atoms with Crippen molar-refractivity contribution in [3.8, 4) is 0 Å². The minimum Gasteiger partial charge on any atom is -0.444 e. The first kappa shape index (κ1) is 26.4. The minimum absolute atomic E-state index is 0. The third-order valence-corrected chi connectivity index (χ3v) is 3.76. The average molecular weight is 505 g/mol. The van der Waals surface area contributed by atoms with E-state index in [9.17, 15) is 4.79 Å². The number of halogens is 1. The van der Waals surface area contributed by atoms with Crippen molar-refractivity contribution in [3.05, 3.63) is 30.1 Å². The lowest BCUT2D eigenvalue weighted by molar-refractivity contribution is 0.0523. The summed E-state index contributed by atoms with van der Waals surface area (Å²) in [4.78, 5) is 20.5. The summed E-state index contributed by atoms with van der Waals surface area (Å²) in [6.45, 7) is 8.93. The molecule has 0 bridgehead atoms. The molecule has 1 heterocycles. The van der Waals surface area contributed by atoms with E-state index in [1.54, 1.807) is 13.2 Å². The van der Waals surface area contributed by atoms with Gasteiger partial charge in [-0.1, -0.05) is 25.8 Å². The maximum atomic E-state index is 11.9. The molecule has 0 aromatic carbocycles. The van der Waals surface area contributed by atoms with Gasteiger partial charge in [0.05, 0.1) is 0 Å². The van der Waals surface area contributed by atoms with Crippen LogP contribution in [0.15, 0.2) is 29.4 Å². The molecule has 0 saturated heterocycles. The molecule has 1 rings (SSSR count). The van der Waals surface area contributed by atoms with Crippen LogP contribution < -0.4 is 16.0 Å². The summed E-state index contributed by atoms with van der Waals surface area (Å²) in [6.07, 6.45) is 5.31. The van der Waals surface area contributed by atoms with Crippen LogP contribution in [-0.2, 0) is 11.2 Å². The number of aliphatic imine (C=N–C) groups is 1. The van der Waals surface area contributed by atoms with Gasteiger partial charge in [0.25, 0.3) is 0 Å². The van der Waals surface area contributed by atoms with Gasteiger partial charge in [-0.05, 0) is 39.3 Å². The maximum Gasteiger partial charge on any atom is 0.407 e. The number of ether oxygens (including phenoxy) is 1. The molecule has 1 amide bonds. The molecule has 0 aliphatic heterocycles. The van der Waals surface area contributed by atoms with E-state index < -0.39 is 11.7 Å². The van der Waals surface area contributed by atoms with Gasteiger partial charge in [-0.3, -0.25) is 9.98 Å². The zero-order valence-electron chi connectivity index (χ0n) is 17.7. The summed E-state index contributed by atoms with van der Waals surface area (Å²) in [7, 11) is 1.74. The summed E-state index contributed by atoms with van der Waals surface area (Å²) in [5.41, 5.74) is 0.536. The van der Waals surface area contributed by atoms with Gasteiger partial charge in [-0.2, -0.15) is 0 Å². The highest BCUT2D eigenvalue weighted by molar-refractivity contribution is 14.0. The molecule has 0 aliphatic rings. The van der Waals surface area contributed by atoms with Crippen molar-refractivity contribution in [2.75, 3.05) is 20.1 Å². The Morgan fingerprint density at radius 2 is 2.04 bits per heavy atom. The number of alkyl carbamates (subject to hydrolysis) is 1. The Bertz CT molecular complexity index is 576. The second-order valence-electron chi connectivity index (χ2n) is 7.44. The van der Waals surface area contributed by atoms with E-state index in [0.717, 1.165) is 43.9 Å². The number of carbonyl (C=O) groups is 1. The van der Waals surface area contributed by atoms with Gasteiger partial charge < -0.3 is 20.7 Å². The van der Waals surface area contributed by atoms with Crippen molar-refractivity contribution in [3.63, 3.8) is 0 Å². The Balaban J connectivity index is 0.00000729. The molecule has 3 N–H and O–H groups in total. The monoisotopic (exact) mass is 505 g/mol. The van der Waals surface area contributed by atoms with Crippen LogP contribution in [0.4, 0.5) is 4.79 Å². The lowest BCUT2D eigenvalue weighted by Crippen LogP contribution is -2.49. The molecule has 1 aromatic heterocycles. The molecule has 0 aliphatic carbocycles. The number of hydrogen-bond donors (Lipinski definition) is 3. The fourth-order valence-electron chi connectivity index (χ4n) is 2.44. The average Bonchev–Trinajstić information content (AvgIpc) is 2.62. The number of hydrogen-bond acceptors (Lipinski definition) is 4. The number of nitrogens with one attached hydrogen (secondary N) is 3. The standard InChI is InChI=1S/C20H35N5O2.HI/c1-6-7-10-17(15-24-19(26)27-20(2,3)4)25-18(21-5)23-14-12-16-11-8-9-13-22-16;/h8-9,11,13,17H,6-7,10,12,14-15H2,1-5H3,(H,24,26)(H2,21,23,25);1H. The zero-order chi connectivity index (χ0) is 20.1. The summed E-state index contributed by atoms with van der Waals surface area (Å²) in [6, 6.07) is 5.98. The van der Waals surface area contributed by atoms with Gasteiger partial charge in [0, 0.05) is 44.5 Å². The molecular formula is C20H36IN5O2. The molecule has 0 saturated carbocycles. The van der Waals surface area contributed by atoms with Crippen LogP contribution in [0.1, 0.15) is 52.7 Å². The summed E-state index contributed by atoms with van der Waals surface area (Å²) in [5, 5.41) is 9.54. The number of amides is 1. The minimum atomic E-state index is -0.501. The number of aromatic nitrogens is 1. The van der Waals surface area contributed by atoms with Crippen LogP contribution in [-0.4, -0.2) is 48.8 Å². The molecule has 1 aromatic rings. The van der Waals surface area contributed by atoms with Crippen molar-refractivity contribution in [1.29, 1.82) is 0 Å². The topological polar surface area (TPSA) is 87.6 Å². The third-order valence-electron chi connectivity index (χ3n) is 3.76. The van der Waals surface area contributed by atoms with Crippen LogP contribution in [0, 0.1) is 0 Å². The van der Waals surface area contributed by atoms with Crippen LogP contribution in [0.25, 0.3) is 0 Å². The number of nitrogens with zero attached hydrogens (tertiary/aromatic N) is 2. The molecule has 8 heteroatoms. The van der Waals surface area contributed by atoms with Gasteiger partial charge in [-0.15, -0.1) is 24.0 Å². The van der Waals surface area contributed by atoms with Crippen LogP contribution in [0.3, 0.4) is 0 Å². The van der Waals surface area contributed by atoms with E-state index in [4.69, 9.17) is 4.74 Å². The predicted octanol–water partition coefficient (Wildman–Crippen LogP) is 3.49. The normalized spacial score (nSPS) is 12.5. The summed E-state index contributed by atoms with van der Waals surface area (Å²) >= 11 is 0. The number of carbonyl (C=O) groups excluding carboxylic acids is 1. The Labute approximate surface area is 186 Å². The van der Waals surface area contributed by atoms with Gasteiger partial charge in [0.2, 0.25) is 0 Å². The molecule has 160 valence electrons. The zero-order valence-corrected chi connectivity index (χ0v) is 20.1. The first-order valence-corrected chi connectivity index (χ1v) is 9.68. The largest absolute Gasteiger partial charge is 0.444 e. The first-order chi connectivity index (χ1) is 12.8. The van der Waals surface area contributed by atoms with Gasteiger partial charge in [0.15, 0.2) is 5.96 Å². The Morgan fingerprint density at radius 1 is 1.29 bits per heavy atom. The van der Waals surface area contributed by atoms with Crippen molar-refractivity contribution in [2.24, 2.45) is 4.99 Å². The maximum absolute atomic E-state index is 11.9. The lowest BCUT2D eigenvalue weighted by atomic mass is 10.1. The molecule has 0 fully saturated rings. The second kappa shape index (κ2) is 14.4. The van der Waals surface area contributed by atoms with Crippen LogP contribution in [0.2, 0.25) is 0 Å². The number of rotatable bonds is 9. The second-order valence-corrected chi connectivity index (χ2v) is 7.44. The quantitative estimate of drug-likeness (QED) is 0.272. The lowest BCUT2D eigenvalue weighted by Gasteiger charge is -2.24. The van der Waals surface area contributed by atoms with Crippen molar-refractivity contribution >= 4 is 36.0 Å². The van der Waals surface area contributed by atoms with E-state index >= 15 is 0 Å². The van der Waals surface area contributed by atoms with Crippen molar-refractivity contribution in [1.82, 2.24) is 20.9 Å². The Kier molecular flexibility index (Phi) is 13.6. The third kappa shape index (κ3) is 12.7. The van der Waals surface area contributed by atoms with Gasteiger partial charge >= 0.3 is 6.09 Å². The molecule has 7 nitrogen and oxygen atoms in total. The highest BCUT2D eigenvalue weighted by Crippen LogP contribution is 2.07. The highest BCUT2D eigenvalue weighted by Gasteiger charge is 2.18. The Hall–Kier alpha value is -1.58. The van der Waals surface area contributed by atoms with Crippen LogP contribution >= 0.6 is 24.0 Å². The molecule has 1 unspecified atom stereocenters. The van der Waals surface area contributed by atoms with Gasteiger partial charge in [-0.25, -0.2) is 4.79 Å². The van der Waals surface area contributed by atoms with Crippen molar-refractivity contribution < 1.29 is 9.53 Å². The van der Waals surface area contributed by atoms with E-state index in [2.05, 4.69) is 32.9 Å². The smallest absolute Gasteiger partial charge is 0.407 e. The van der Waals surface area contributed by atoms with Crippen LogP contribution in [0.5, 0.6) is 0 Å². The van der Waals surface area contributed by atoms with E-state index in [0.29, 0.717) is 6.54 Å². The predicted molar refractivity (Wildman–Crippen MR) is 125 cm³/mol. The first-order valence-electron chi connectivity index (χ1n) is 9.68. The van der Waals surface area contributed by atoms with Crippen molar-refractivity contribution in [2.45, 2.75) is 65.0 Å². The highest BCUT2D eigenvalue weighted by atomic mass is 127. The fourth-order valence-corrected chi connectivity index (χ4v) is 2.44. The number of guanidine groups is 1. The number of unbranched alkanes of at least 4 members (excludes halogenated alkanes) is 1. The van der Waals surface area contributed by atoms with E-state index in [1.165, 1.54) is 0 Å². The molecule has 0 radical (unpaired) electrons. The van der Waals surface area contributed by atoms with E-state index in [1.807, 2.05) is 39.0 Å². The molecule has 28 heavy (non-hydrogen) atoms. The molecule has 0 spiro atoms. The fraction of sp³-hybridized carbons (Fsp3) is 0.650. The Morgan fingerprint density at radius 3 is 2.61 bits per heavy atom. The summed E-state index contributed by atoms with van der Waals surface area (Å²) < 4.78 is 5.31. The van der Waals surface area contributed by atoms with E-state index in [-0.39, 0.29) is 30.0 Å². The van der Waals surface area contributed by atoms with Gasteiger partial charge in [0.1, 0.15) is 5.60 Å². The molecular weight excluding hydrogens is 469 g/mol.